The molecule has 0 spiro atoms. The first-order chi connectivity index (χ1) is 51.4. The predicted molar refractivity (Wildman–Crippen MR) is 397 cm³/mol. The number of benzene rings is 1. The number of ketones is 2. The van der Waals surface area contributed by atoms with E-state index < -0.39 is 176 Å². The molecule has 6 amide bonds. The predicted octanol–water partition coefficient (Wildman–Crippen LogP) is 3.45. The molecule has 582 valence electrons. The van der Waals surface area contributed by atoms with Crippen LogP contribution >= 0.6 is 21.6 Å². The quantitative estimate of drug-likeness (QED) is 0.00533. The van der Waals surface area contributed by atoms with E-state index in [9.17, 15) is 89.1 Å². The van der Waals surface area contributed by atoms with Crippen molar-refractivity contribution in [3.05, 3.63) is 121 Å². The fourth-order valence-electron chi connectivity index (χ4n) is 13.1. The molecule has 16 N–H and O–H groups in total. The molecular formula is C68H80N16O21S4. The first kappa shape index (κ1) is 82.3. The van der Waals surface area contributed by atoms with Crippen LogP contribution in [0.1, 0.15) is 185 Å². The molecule has 0 radical (unpaired) electrons. The Balaban J connectivity index is 0.796. The Bertz CT molecular complexity index is 5130. The fourth-order valence-corrected chi connectivity index (χ4v) is 16.6. The van der Waals surface area contributed by atoms with Crippen molar-refractivity contribution < 1.29 is 93.6 Å². The molecule has 6 aromatic rings. The number of nitrogen functional groups attached to an aromatic ring is 1. The monoisotopic (exact) mass is 1580 g/mol. The van der Waals surface area contributed by atoms with Gasteiger partial charge in [0.05, 0.1) is 59.7 Å². The highest BCUT2D eigenvalue weighted by Gasteiger charge is 2.46. The van der Waals surface area contributed by atoms with E-state index in [1.54, 1.807) is 19.9 Å². The van der Waals surface area contributed by atoms with Crippen molar-refractivity contribution in [3.8, 4) is 0 Å². The first-order valence-electron chi connectivity index (χ1n) is 34.1. The van der Waals surface area contributed by atoms with Crippen molar-refractivity contribution in [1.29, 1.82) is 0 Å². The molecule has 2 unspecified atom stereocenters. The minimum absolute atomic E-state index is 0.00682. The van der Waals surface area contributed by atoms with Gasteiger partial charge in [0, 0.05) is 117 Å². The van der Waals surface area contributed by atoms with Gasteiger partial charge in [-0.2, -0.15) is 21.8 Å². The van der Waals surface area contributed by atoms with E-state index in [0.29, 0.717) is 61.5 Å². The van der Waals surface area contributed by atoms with Gasteiger partial charge in [-0.15, -0.1) is 0 Å². The van der Waals surface area contributed by atoms with E-state index in [4.69, 9.17) is 25.0 Å². The highest BCUT2D eigenvalue weighted by atomic mass is 33.1. The molecule has 1 aromatic carbocycles. The number of nitrogens with two attached hydrogens (primary N) is 1. The summed E-state index contributed by atoms with van der Waals surface area (Å²) in [6.45, 7) is 10.4. The molecule has 37 nitrogen and oxygen atoms in total. The molecule has 8 bridgehead atoms. The Morgan fingerprint density at radius 3 is 2.04 bits per heavy atom. The number of aromatic nitrogens is 8. The number of aromatic amines is 3. The summed E-state index contributed by atoms with van der Waals surface area (Å²) < 4.78 is 72.5. The van der Waals surface area contributed by atoms with Crippen molar-refractivity contribution in [3.63, 3.8) is 0 Å². The lowest BCUT2D eigenvalue weighted by atomic mass is 9.84. The number of ether oxygens (including phenoxy) is 1. The maximum atomic E-state index is 14.5. The van der Waals surface area contributed by atoms with Crippen LogP contribution in [0.25, 0.3) is 33.2 Å². The normalized spacial score (nSPS) is 17.1. The van der Waals surface area contributed by atoms with Gasteiger partial charge in [-0.1, -0.05) is 42.4 Å². The number of carboxylic acid groups (broad SMARTS) is 2. The zero-order valence-corrected chi connectivity index (χ0v) is 62.9. The number of carbonyl (C=O) groups is 11. The molecule has 0 saturated heterocycles. The van der Waals surface area contributed by atoms with Gasteiger partial charge in [-0.05, 0) is 100 Å². The maximum absolute atomic E-state index is 14.5. The van der Waals surface area contributed by atoms with Gasteiger partial charge < -0.3 is 57.2 Å². The molecule has 9 atom stereocenters. The van der Waals surface area contributed by atoms with Crippen LogP contribution in [0.5, 0.6) is 0 Å². The highest BCUT2D eigenvalue weighted by molar-refractivity contribution is 8.76. The Hall–Kier alpha value is -10.8. The number of fused-ring (bicyclic) bond motifs is 9. The summed E-state index contributed by atoms with van der Waals surface area (Å²) in [6.07, 6.45) is -1.78. The first-order valence-corrected chi connectivity index (χ1v) is 39.7. The number of anilines is 2. The number of aliphatic carboxylic acids is 2. The van der Waals surface area contributed by atoms with Crippen LogP contribution in [0, 0.1) is 13.8 Å². The minimum Gasteiger partial charge on any atom is -0.480 e. The Labute approximate surface area is 629 Å². The third kappa shape index (κ3) is 20.2. The molecule has 0 fully saturated rings. The Morgan fingerprint density at radius 1 is 0.716 bits per heavy atom. The summed E-state index contributed by atoms with van der Waals surface area (Å²) in [5.41, 5.74) is 16.6. The molecular weight excluding hydrogens is 1510 g/mol. The second kappa shape index (κ2) is 35.1. The van der Waals surface area contributed by atoms with Crippen LogP contribution in [0.3, 0.4) is 0 Å². The van der Waals surface area contributed by atoms with Crippen LogP contribution in [0.15, 0.2) is 53.5 Å². The number of H-pyrrole nitrogens is 3. The lowest BCUT2D eigenvalue weighted by Gasteiger charge is -2.22. The number of nitrogens with one attached hydrogen (secondary N) is 10. The van der Waals surface area contributed by atoms with Crippen LogP contribution in [0.2, 0.25) is 0 Å². The largest absolute Gasteiger partial charge is 0.480 e. The summed E-state index contributed by atoms with van der Waals surface area (Å²) in [7, 11) is -6.77. The number of Topliss-reactive ketones (excluding diaryl/α,β-unsaturated/α-hetero) is 2. The standard InChI is InChI=1S/C68H80N16O21S4/c1-8-38-29(2)41-24-46-53(33(6)85)31(4)43(75-46)22-42-30(3)39(57(77-42)55-56(67(98)105-7)60(90)54-32(5)44(78-58(54)55)23-45(38)74-41)13-15-50(87)83-84-52(89)21-37(109(102,103)104)17-19-106-107-28-48(66(96)97)80-63(92)47(25-51(88)70-18-20-108(99,100)101)76-49(86)16-14-40(65(94)95)79-62(91)34-9-11-35(12-10-34)71-26-36-27-72-61-59(73-36)64(93)82-68(69)81-61/h9-12,22-24,27,29-30,37-40,47-48,56,71,75,78H,8,13-21,25-26,28H2,1-7H3,(H,70,88)(H,76,86)(H,79,91)(H,80,92)(H,83,87)(H,84,89)(H,94,95)(H,96,97)(H,99,100,101)(H,102,103,104)(H3,69,72,81,82,93)/t29-,30+,37?,38-,39+,40+,47+,48+,56?/m1/s1. The van der Waals surface area contributed by atoms with Crippen LogP contribution in [0.4, 0.5) is 11.6 Å². The molecule has 41 heteroatoms. The number of hydrogen-bond acceptors (Lipinski definition) is 26. The van der Waals surface area contributed by atoms with Crippen LogP contribution < -0.4 is 48.7 Å². The number of methoxy groups -OCH3 is 1. The lowest BCUT2D eigenvalue weighted by molar-refractivity contribution is -0.142. The van der Waals surface area contributed by atoms with Gasteiger partial charge >= 0.3 is 17.9 Å². The van der Waals surface area contributed by atoms with Gasteiger partial charge in [-0.3, -0.25) is 82.9 Å². The lowest BCUT2D eigenvalue weighted by Crippen LogP contribution is -2.54. The third-order valence-corrected chi connectivity index (χ3v) is 23.3. The number of esters is 1. The summed E-state index contributed by atoms with van der Waals surface area (Å²) in [5, 5.41) is 30.2. The second-order valence-corrected chi connectivity index (χ2v) is 32.1. The SMILES string of the molecule is CC[C@H]1c2cc3[nH]c4c(c3C)C(=O)C(C(=O)OC)c4c3nc(cc4[nH]c(cc(n2)[C@@H]1C)c(C(C)=O)c4C)[C@@H](C)[C@@H]3CCC(=O)NNC(=O)CC(CCSSC[C@H](NC(=O)[C@H](CC(=O)NCCS(=O)(=O)O)NC(=O)CC[C@H](NC(=O)c1ccc(NCc2cnc3nc(N)[nH]c(=O)c3n2)cc1)C(=O)O)C(=O)O)S(=O)(=O)O. The maximum Gasteiger partial charge on any atom is 0.327 e. The molecule has 5 aromatic heterocycles. The van der Waals surface area contributed by atoms with E-state index in [2.05, 4.69) is 74.3 Å². The minimum atomic E-state index is -4.98. The number of nitrogens with zero attached hydrogens (tertiary/aromatic N) is 5. The van der Waals surface area contributed by atoms with E-state index in [1.807, 2.05) is 26.0 Å². The molecule has 7 heterocycles. The number of hydrazine groups is 1. The van der Waals surface area contributed by atoms with Gasteiger partial charge in [0.25, 0.3) is 31.7 Å². The summed E-state index contributed by atoms with van der Waals surface area (Å²) in [4.78, 5) is 191. The number of hydrogen-bond donors (Lipinski definition) is 15. The molecule has 9 rings (SSSR count). The number of carboxylic acids is 2. The Morgan fingerprint density at radius 2 is 1.38 bits per heavy atom. The summed E-state index contributed by atoms with van der Waals surface area (Å²) in [5.74, 6) is -15.3. The zero-order chi connectivity index (χ0) is 79.7. The third-order valence-electron chi connectivity index (χ3n) is 18.8. The Kier molecular flexibility index (Phi) is 26.5. The molecule has 109 heavy (non-hydrogen) atoms. The number of carbonyl (C=O) groups excluding carboxylic acids is 9. The van der Waals surface area contributed by atoms with Crippen LogP contribution in [-0.4, -0.2) is 195 Å². The van der Waals surface area contributed by atoms with Gasteiger partial charge in [0.15, 0.2) is 22.7 Å². The van der Waals surface area contributed by atoms with Crippen molar-refractivity contribution in [2.24, 2.45) is 0 Å². The van der Waals surface area contributed by atoms with E-state index in [-0.39, 0.29) is 76.6 Å². The highest BCUT2D eigenvalue weighted by Crippen LogP contribution is 2.48. The topological polar surface area (TPSA) is 585 Å². The summed E-state index contributed by atoms with van der Waals surface area (Å²) in [6, 6.07) is 5.80. The number of aryl methyl sites for hydroxylation is 2. The van der Waals surface area contributed by atoms with E-state index in [0.717, 1.165) is 46.5 Å². The smallest absolute Gasteiger partial charge is 0.327 e. The molecule has 1 aliphatic carbocycles. The second-order valence-electron chi connectivity index (χ2n) is 26.2. The molecule has 3 aliphatic rings. The van der Waals surface area contributed by atoms with Gasteiger partial charge in [0.1, 0.15) is 24.0 Å². The fraction of sp³-hybridized carbons (Fsp3) is 0.426. The van der Waals surface area contributed by atoms with Crippen molar-refractivity contribution in [1.82, 2.24) is 72.0 Å². The number of amides is 6. The van der Waals surface area contributed by atoms with Crippen molar-refractivity contribution in [2.75, 3.05) is 42.0 Å². The average Bonchev–Trinajstić information content (AvgIpc) is 1.56. The van der Waals surface area contributed by atoms with Crippen LogP contribution in [-0.2, 0) is 69.9 Å². The van der Waals surface area contributed by atoms with Gasteiger partial charge in [-0.25, -0.2) is 19.6 Å². The van der Waals surface area contributed by atoms with E-state index in [1.165, 1.54) is 37.4 Å². The van der Waals surface area contributed by atoms with Gasteiger partial charge in [0.2, 0.25) is 35.5 Å². The summed E-state index contributed by atoms with van der Waals surface area (Å²) >= 11 is 0. The zero-order valence-electron chi connectivity index (χ0n) is 59.7. The molecule has 2 aliphatic heterocycles. The molecule has 0 saturated carbocycles. The average molecular weight is 1590 g/mol. The van der Waals surface area contributed by atoms with Crippen molar-refractivity contribution >= 4 is 152 Å². The van der Waals surface area contributed by atoms with E-state index >= 15 is 0 Å². The number of rotatable bonds is 33. The van der Waals surface area contributed by atoms with Crippen molar-refractivity contribution in [2.45, 2.75) is 152 Å².